The van der Waals surface area contributed by atoms with E-state index < -0.39 is 0 Å². The van der Waals surface area contributed by atoms with Crippen molar-refractivity contribution in [2.45, 2.75) is 0 Å². The largest absolute Gasteiger partial charge is 0.292 e. The topological polar surface area (TPSA) is 61.4 Å². The summed E-state index contributed by atoms with van der Waals surface area (Å²) in [7, 11) is 0. The molecular formula is C38H24N6. The van der Waals surface area contributed by atoms with Gasteiger partial charge >= 0.3 is 0 Å². The lowest BCUT2D eigenvalue weighted by Crippen LogP contribution is -2.04. The van der Waals surface area contributed by atoms with Crippen molar-refractivity contribution in [3.05, 3.63) is 146 Å². The Morgan fingerprint density at radius 2 is 0.955 bits per heavy atom. The number of hydrogen-bond acceptors (Lipinski definition) is 4. The van der Waals surface area contributed by atoms with Gasteiger partial charge in [-0.05, 0) is 23.8 Å². The highest BCUT2D eigenvalue weighted by atomic mass is 15.2. The predicted molar refractivity (Wildman–Crippen MR) is 177 cm³/mol. The molecule has 0 aliphatic rings. The van der Waals surface area contributed by atoms with E-state index in [4.69, 9.17) is 15.0 Å². The number of benzene rings is 5. The Labute approximate surface area is 252 Å². The van der Waals surface area contributed by atoms with Gasteiger partial charge in [0.05, 0.1) is 22.1 Å². The molecular weight excluding hydrogens is 540 g/mol. The van der Waals surface area contributed by atoms with E-state index in [0.29, 0.717) is 11.8 Å². The summed E-state index contributed by atoms with van der Waals surface area (Å²) in [5.41, 5.74) is 7.24. The average Bonchev–Trinajstić information content (AvgIpc) is 3.62. The molecule has 9 rings (SSSR count). The molecule has 0 aliphatic heterocycles. The molecule has 44 heavy (non-hydrogen) atoms. The summed E-state index contributed by atoms with van der Waals surface area (Å²) >= 11 is 0. The van der Waals surface area contributed by atoms with Gasteiger partial charge in [-0.15, -0.1) is 0 Å². The number of nitrogens with zero attached hydrogens (tertiary/aromatic N) is 6. The molecule has 0 radical (unpaired) electrons. The maximum Gasteiger partial charge on any atom is 0.234 e. The fraction of sp³-hybridized carbons (Fsp3) is 0. The molecule has 0 spiro atoms. The Morgan fingerprint density at radius 1 is 0.409 bits per heavy atom. The molecule has 0 aliphatic carbocycles. The molecule has 0 saturated heterocycles. The predicted octanol–water partition coefficient (Wildman–Crippen LogP) is 8.79. The Balaban J connectivity index is 1.39. The first-order chi connectivity index (χ1) is 21.8. The van der Waals surface area contributed by atoms with Crippen LogP contribution in [0, 0.1) is 0 Å². The highest BCUT2D eigenvalue weighted by Gasteiger charge is 2.22. The van der Waals surface area contributed by atoms with Gasteiger partial charge in [0.2, 0.25) is 5.95 Å². The summed E-state index contributed by atoms with van der Waals surface area (Å²) in [5.74, 6) is 2.10. The van der Waals surface area contributed by atoms with Gasteiger partial charge in [0, 0.05) is 51.3 Å². The van der Waals surface area contributed by atoms with E-state index in [2.05, 4.69) is 86.9 Å². The van der Waals surface area contributed by atoms with Crippen LogP contribution in [0.15, 0.2) is 146 Å². The molecule has 0 saturated carbocycles. The summed E-state index contributed by atoms with van der Waals surface area (Å²) in [6.45, 7) is 0. The van der Waals surface area contributed by atoms with E-state index in [9.17, 15) is 0 Å². The van der Waals surface area contributed by atoms with Gasteiger partial charge in [-0.1, -0.05) is 109 Å². The van der Waals surface area contributed by atoms with E-state index in [1.807, 2.05) is 73.2 Å². The monoisotopic (exact) mass is 564 g/mol. The molecule has 5 aromatic carbocycles. The summed E-state index contributed by atoms with van der Waals surface area (Å²) in [5, 5.41) is 4.56. The van der Waals surface area contributed by atoms with E-state index in [0.717, 1.165) is 66.1 Å². The van der Waals surface area contributed by atoms with Crippen molar-refractivity contribution in [2.75, 3.05) is 0 Å². The number of para-hydroxylation sites is 2. The lowest BCUT2D eigenvalue weighted by atomic mass is 10.1. The molecule has 206 valence electrons. The van der Waals surface area contributed by atoms with Gasteiger partial charge in [-0.25, -0.2) is 19.9 Å². The van der Waals surface area contributed by atoms with E-state index in [1.54, 1.807) is 0 Å². The van der Waals surface area contributed by atoms with Crippen LogP contribution in [-0.2, 0) is 0 Å². The van der Waals surface area contributed by atoms with Gasteiger partial charge in [0.1, 0.15) is 5.82 Å². The molecule has 9 aromatic rings. The summed E-state index contributed by atoms with van der Waals surface area (Å²) in [6.07, 6.45) is 5.65. The van der Waals surface area contributed by atoms with Crippen molar-refractivity contribution in [3.8, 4) is 34.3 Å². The highest BCUT2D eigenvalue weighted by molar-refractivity contribution is 6.23. The molecule has 4 heterocycles. The zero-order valence-electron chi connectivity index (χ0n) is 23.5. The smallest absolute Gasteiger partial charge is 0.234 e. The van der Waals surface area contributed by atoms with Crippen LogP contribution in [-0.4, -0.2) is 29.1 Å². The van der Waals surface area contributed by atoms with Crippen LogP contribution in [0.25, 0.3) is 77.9 Å². The third-order valence-electron chi connectivity index (χ3n) is 8.32. The third kappa shape index (κ3) is 3.68. The molecule has 0 amide bonds. The first kappa shape index (κ1) is 24.5. The summed E-state index contributed by atoms with van der Waals surface area (Å²) in [4.78, 5) is 19.6. The minimum Gasteiger partial charge on any atom is -0.292 e. The molecule has 0 N–H and O–H groups in total. The molecule has 6 nitrogen and oxygen atoms in total. The Morgan fingerprint density at radius 3 is 1.61 bits per heavy atom. The third-order valence-corrected chi connectivity index (χ3v) is 8.32. The standard InChI is InChI=1S/C38H24N6/c1-3-11-25(12-4-1)27-23-40-38(41-24-27)44-33-18-10-8-16-29(33)31-20-19-30-28-15-7-9-17-32(28)43(35(30)36(31)44)34-21-22-39-37(42-34)26-13-5-2-6-14-26/h1-24H. The van der Waals surface area contributed by atoms with Crippen molar-refractivity contribution in [3.63, 3.8) is 0 Å². The van der Waals surface area contributed by atoms with Gasteiger partial charge in [-0.3, -0.25) is 9.13 Å². The minimum absolute atomic E-state index is 0.618. The maximum atomic E-state index is 5.11. The van der Waals surface area contributed by atoms with Crippen LogP contribution in [0.5, 0.6) is 0 Å². The molecule has 0 atom stereocenters. The second-order valence-corrected chi connectivity index (χ2v) is 10.8. The van der Waals surface area contributed by atoms with Crippen LogP contribution in [0.1, 0.15) is 0 Å². The molecule has 6 heteroatoms. The fourth-order valence-electron chi connectivity index (χ4n) is 6.36. The zero-order valence-corrected chi connectivity index (χ0v) is 23.5. The normalized spacial score (nSPS) is 11.6. The van der Waals surface area contributed by atoms with Crippen LogP contribution in [0.2, 0.25) is 0 Å². The molecule has 0 bridgehead atoms. The van der Waals surface area contributed by atoms with E-state index >= 15 is 0 Å². The van der Waals surface area contributed by atoms with Gasteiger partial charge in [0.25, 0.3) is 0 Å². The van der Waals surface area contributed by atoms with Crippen molar-refractivity contribution in [1.82, 2.24) is 29.1 Å². The van der Waals surface area contributed by atoms with Crippen LogP contribution < -0.4 is 0 Å². The van der Waals surface area contributed by atoms with Crippen molar-refractivity contribution in [2.24, 2.45) is 0 Å². The number of aromatic nitrogens is 6. The van der Waals surface area contributed by atoms with Gasteiger partial charge in [-0.2, -0.15) is 0 Å². The number of hydrogen-bond donors (Lipinski definition) is 0. The van der Waals surface area contributed by atoms with Crippen LogP contribution in [0.3, 0.4) is 0 Å². The Hall–Kier alpha value is -6.14. The first-order valence-corrected chi connectivity index (χ1v) is 14.6. The summed E-state index contributed by atoms with van der Waals surface area (Å²) in [6, 6.07) is 43.7. The summed E-state index contributed by atoms with van der Waals surface area (Å²) < 4.78 is 4.45. The fourth-order valence-corrected chi connectivity index (χ4v) is 6.36. The highest BCUT2D eigenvalue weighted by Crippen LogP contribution is 2.41. The van der Waals surface area contributed by atoms with Crippen LogP contribution in [0.4, 0.5) is 0 Å². The Bertz CT molecular complexity index is 2480. The van der Waals surface area contributed by atoms with Crippen molar-refractivity contribution >= 4 is 43.6 Å². The second-order valence-electron chi connectivity index (χ2n) is 10.8. The number of rotatable bonds is 4. The quantitative estimate of drug-likeness (QED) is 0.214. The molecule has 4 aromatic heterocycles. The lowest BCUT2D eigenvalue weighted by Gasteiger charge is -2.12. The van der Waals surface area contributed by atoms with Crippen LogP contribution >= 0.6 is 0 Å². The zero-order chi connectivity index (χ0) is 29.0. The molecule has 0 fully saturated rings. The SMILES string of the molecule is c1ccc(-c2cnc(-n3c4ccccc4c4ccc5c6ccccc6n(-c6ccnc(-c7ccccc7)n6)c5c43)nc2)cc1. The maximum absolute atomic E-state index is 5.11. The second kappa shape index (κ2) is 9.71. The Kier molecular flexibility index (Phi) is 5.40. The van der Waals surface area contributed by atoms with E-state index in [1.165, 1.54) is 0 Å². The lowest BCUT2D eigenvalue weighted by molar-refractivity contribution is 0.986. The van der Waals surface area contributed by atoms with E-state index in [-0.39, 0.29) is 0 Å². The van der Waals surface area contributed by atoms with Gasteiger partial charge < -0.3 is 0 Å². The molecule has 0 unspecified atom stereocenters. The van der Waals surface area contributed by atoms with Crippen molar-refractivity contribution in [1.29, 1.82) is 0 Å². The van der Waals surface area contributed by atoms with Gasteiger partial charge in [0.15, 0.2) is 5.82 Å². The minimum atomic E-state index is 0.618. The average molecular weight is 565 g/mol. The first-order valence-electron chi connectivity index (χ1n) is 14.6. The number of fused-ring (bicyclic) bond motifs is 7. The van der Waals surface area contributed by atoms with Crippen molar-refractivity contribution < 1.29 is 0 Å².